The number of para-hydroxylation sites is 1. The van der Waals surface area contributed by atoms with E-state index in [1.54, 1.807) is 35.2 Å². The van der Waals surface area contributed by atoms with E-state index >= 15 is 0 Å². The molecule has 1 saturated heterocycles. The zero-order valence-electron chi connectivity index (χ0n) is 14.1. The van der Waals surface area contributed by atoms with Gasteiger partial charge in [0, 0.05) is 17.3 Å². The Bertz CT molecular complexity index is 769. The van der Waals surface area contributed by atoms with Crippen LogP contribution in [0.5, 0.6) is 5.75 Å². The van der Waals surface area contributed by atoms with Crippen molar-refractivity contribution in [3.63, 3.8) is 0 Å². The summed E-state index contributed by atoms with van der Waals surface area (Å²) in [6.07, 6.45) is -0.299. The maximum Gasteiger partial charge on any atom is 0.258 e. The van der Waals surface area contributed by atoms with Gasteiger partial charge in [0.2, 0.25) is 0 Å². The third-order valence-corrected chi connectivity index (χ3v) is 4.12. The molecule has 0 spiro atoms. The molecule has 1 heterocycles. The molecule has 1 N–H and O–H groups in total. The predicted octanol–water partition coefficient (Wildman–Crippen LogP) is 2.27. The fourth-order valence-electron chi connectivity index (χ4n) is 2.59. The molecular formula is C19H19ClN2O4. The van der Waals surface area contributed by atoms with Crippen LogP contribution in [0.15, 0.2) is 54.6 Å². The van der Waals surface area contributed by atoms with Crippen molar-refractivity contribution in [1.29, 1.82) is 0 Å². The molecule has 0 radical (unpaired) electrons. The topological polar surface area (TPSA) is 67.9 Å². The second kappa shape index (κ2) is 8.69. The number of carbonyl (C=O) groups excluding carboxylic acids is 2. The highest BCUT2D eigenvalue weighted by atomic mass is 35.5. The standard InChI is InChI=1S/C19H19ClN2O4/c20-14-5-4-6-15(9-14)22-11-17(26-13-19(22)24)10-21-18(23)12-25-16-7-2-1-3-8-16/h1-9,17H,10-13H2,(H,21,23). The van der Waals surface area contributed by atoms with Gasteiger partial charge in [0.05, 0.1) is 12.6 Å². The number of ether oxygens (including phenoxy) is 2. The average Bonchev–Trinajstić information content (AvgIpc) is 2.66. The van der Waals surface area contributed by atoms with E-state index in [4.69, 9.17) is 21.1 Å². The Balaban J connectivity index is 1.49. The first-order chi connectivity index (χ1) is 12.6. The molecule has 2 aromatic rings. The minimum atomic E-state index is -0.299. The smallest absolute Gasteiger partial charge is 0.258 e. The Kier molecular flexibility index (Phi) is 6.09. The van der Waals surface area contributed by atoms with E-state index in [0.29, 0.717) is 23.9 Å². The zero-order chi connectivity index (χ0) is 18.4. The number of nitrogens with one attached hydrogen (secondary N) is 1. The van der Waals surface area contributed by atoms with Gasteiger partial charge in [-0.15, -0.1) is 0 Å². The molecule has 2 aromatic carbocycles. The van der Waals surface area contributed by atoms with Crippen LogP contribution in [0.25, 0.3) is 0 Å². The lowest BCUT2D eigenvalue weighted by Gasteiger charge is -2.33. The van der Waals surface area contributed by atoms with Crippen molar-refractivity contribution < 1.29 is 19.1 Å². The van der Waals surface area contributed by atoms with Crippen LogP contribution in [-0.2, 0) is 14.3 Å². The van der Waals surface area contributed by atoms with Gasteiger partial charge in [-0.1, -0.05) is 35.9 Å². The quantitative estimate of drug-likeness (QED) is 0.842. The van der Waals surface area contributed by atoms with E-state index in [-0.39, 0.29) is 31.1 Å². The van der Waals surface area contributed by atoms with Gasteiger partial charge < -0.3 is 19.7 Å². The molecule has 0 aromatic heterocycles. The Morgan fingerprint density at radius 1 is 1.23 bits per heavy atom. The Morgan fingerprint density at radius 2 is 2.04 bits per heavy atom. The Labute approximate surface area is 156 Å². The van der Waals surface area contributed by atoms with Crippen LogP contribution < -0.4 is 15.0 Å². The highest BCUT2D eigenvalue weighted by Gasteiger charge is 2.27. The lowest BCUT2D eigenvalue weighted by molar-refractivity contribution is -0.130. The first-order valence-electron chi connectivity index (χ1n) is 8.24. The predicted molar refractivity (Wildman–Crippen MR) is 98.5 cm³/mol. The third-order valence-electron chi connectivity index (χ3n) is 3.89. The van der Waals surface area contributed by atoms with Gasteiger partial charge in [0.25, 0.3) is 11.8 Å². The summed E-state index contributed by atoms with van der Waals surface area (Å²) >= 11 is 6.00. The van der Waals surface area contributed by atoms with Crippen molar-refractivity contribution in [2.24, 2.45) is 0 Å². The number of hydrogen-bond donors (Lipinski definition) is 1. The van der Waals surface area contributed by atoms with Crippen LogP contribution in [0.1, 0.15) is 0 Å². The van der Waals surface area contributed by atoms with E-state index in [9.17, 15) is 9.59 Å². The molecule has 1 atom stereocenters. The van der Waals surface area contributed by atoms with Gasteiger partial charge in [-0.25, -0.2) is 0 Å². The molecular weight excluding hydrogens is 356 g/mol. The minimum absolute atomic E-state index is 0.0342. The van der Waals surface area contributed by atoms with Crippen LogP contribution in [0.2, 0.25) is 5.02 Å². The lowest BCUT2D eigenvalue weighted by atomic mass is 10.2. The van der Waals surface area contributed by atoms with E-state index in [1.165, 1.54) is 0 Å². The summed E-state index contributed by atoms with van der Waals surface area (Å²) in [7, 11) is 0. The van der Waals surface area contributed by atoms with Crippen LogP contribution in [0.3, 0.4) is 0 Å². The number of amides is 2. The highest BCUT2D eigenvalue weighted by molar-refractivity contribution is 6.30. The summed E-state index contributed by atoms with van der Waals surface area (Å²) in [5.41, 5.74) is 0.717. The number of hydrogen-bond acceptors (Lipinski definition) is 4. The molecule has 7 heteroatoms. The SMILES string of the molecule is O=C(COc1ccccc1)NCC1CN(c2cccc(Cl)c2)C(=O)CO1. The maximum absolute atomic E-state index is 12.1. The maximum atomic E-state index is 12.1. The van der Waals surface area contributed by atoms with Gasteiger partial charge in [-0.05, 0) is 30.3 Å². The van der Waals surface area contributed by atoms with E-state index in [1.807, 2.05) is 24.3 Å². The summed E-state index contributed by atoms with van der Waals surface area (Å²) in [5.74, 6) is 0.250. The molecule has 1 fully saturated rings. The van der Waals surface area contributed by atoms with Gasteiger partial charge >= 0.3 is 0 Å². The average molecular weight is 375 g/mol. The number of morpholine rings is 1. The normalized spacial score (nSPS) is 17.0. The molecule has 0 aliphatic carbocycles. The van der Waals surface area contributed by atoms with Gasteiger partial charge in [0.1, 0.15) is 12.4 Å². The van der Waals surface area contributed by atoms with Crippen molar-refractivity contribution in [2.75, 3.05) is 31.2 Å². The molecule has 1 unspecified atom stereocenters. The lowest BCUT2D eigenvalue weighted by Crippen LogP contribution is -2.51. The highest BCUT2D eigenvalue weighted by Crippen LogP contribution is 2.22. The van der Waals surface area contributed by atoms with E-state index in [0.717, 1.165) is 5.69 Å². The molecule has 6 nitrogen and oxygen atoms in total. The van der Waals surface area contributed by atoms with Crippen molar-refractivity contribution in [2.45, 2.75) is 6.10 Å². The number of benzene rings is 2. The molecule has 2 amide bonds. The number of halogens is 1. The zero-order valence-corrected chi connectivity index (χ0v) is 14.8. The number of nitrogens with zero attached hydrogens (tertiary/aromatic N) is 1. The van der Waals surface area contributed by atoms with Crippen LogP contribution in [-0.4, -0.2) is 44.2 Å². The van der Waals surface area contributed by atoms with Gasteiger partial charge in [-0.3, -0.25) is 9.59 Å². The molecule has 136 valence electrons. The van der Waals surface area contributed by atoms with Crippen molar-refractivity contribution >= 4 is 29.1 Å². The second-order valence-electron chi connectivity index (χ2n) is 5.82. The van der Waals surface area contributed by atoms with Gasteiger partial charge in [0.15, 0.2) is 6.61 Å². The van der Waals surface area contributed by atoms with Crippen LogP contribution in [0, 0.1) is 0 Å². The molecule has 0 bridgehead atoms. The van der Waals surface area contributed by atoms with E-state index in [2.05, 4.69) is 5.32 Å². The number of anilines is 1. The molecule has 3 rings (SSSR count). The van der Waals surface area contributed by atoms with Crippen molar-refractivity contribution in [1.82, 2.24) is 5.32 Å². The van der Waals surface area contributed by atoms with Crippen molar-refractivity contribution in [3.05, 3.63) is 59.6 Å². The summed E-state index contributed by atoms with van der Waals surface area (Å²) in [6.45, 7) is 0.529. The molecule has 1 aliphatic heterocycles. The first-order valence-corrected chi connectivity index (χ1v) is 8.62. The van der Waals surface area contributed by atoms with Crippen LogP contribution >= 0.6 is 11.6 Å². The molecule has 26 heavy (non-hydrogen) atoms. The van der Waals surface area contributed by atoms with Crippen molar-refractivity contribution in [3.8, 4) is 5.75 Å². The van der Waals surface area contributed by atoms with Crippen LogP contribution in [0.4, 0.5) is 5.69 Å². The fraction of sp³-hybridized carbons (Fsp3) is 0.263. The number of rotatable bonds is 6. The molecule has 0 saturated carbocycles. The first kappa shape index (κ1) is 18.2. The second-order valence-corrected chi connectivity index (χ2v) is 6.26. The summed E-state index contributed by atoms with van der Waals surface area (Å²) in [4.78, 5) is 25.6. The fourth-order valence-corrected chi connectivity index (χ4v) is 2.77. The van der Waals surface area contributed by atoms with Gasteiger partial charge in [-0.2, -0.15) is 0 Å². The monoisotopic (exact) mass is 374 g/mol. The summed E-state index contributed by atoms with van der Waals surface area (Å²) in [6, 6.07) is 16.2. The third kappa shape index (κ3) is 4.97. The summed E-state index contributed by atoms with van der Waals surface area (Å²) in [5, 5.41) is 3.33. The number of carbonyl (C=O) groups is 2. The Hall–Kier alpha value is -2.57. The Morgan fingerprint density at radius 3 is 2.81 bits per heavy atom. The van der Waals surface area contributed by atoms with E-state index < -0.39 is 0 Å². The minimum Gasteiger partial charge on any atom is -0.484 e. The summed E-state index contributed by atoms with van der Waals surface area (Å²) < 4.78 is 10.9. The largest absolute Gasteiger partial charge is 0.484 e. The molecule has 1 aliphatic rings.